The number of hydrogen-bond acceptors (Lipinski definition) is 2. The molecule has 0 spiro atoms. The molecule has 20 heavy (non-hydrogen) atoms. The van der Waals surface area contributed by atoms with Gasteiger partial charge in [-0.25, -0.2) is 0 Å². The minimum absolute atomic E-state index is 0.0251. The zero-order valence-electron chi connectivity index (χ0n) is 12.7. The second kappa shape index (κ2) is 6.10. The third-order valence-corrected chi connectivity index (χ3v) is 3.67. The van der Waals surface area contributed by atoms with E-state index in [2.05, 4.69) is 51.1 Å². The summed E-state index contributed by atoms with van der Waals surface area (Å²) >= 11 is 0. The fraction of sp³-hybridized carbons (Fsp3) is 0.333. The molecule has 0 aliphatic carbocycles. The lowest BCUT2D eigenvalue weighted by Crippen LogP contribution is -2.09. The van der Waals surface area contributed by atoms with Crippen LogP contribution in [-0.4, -0.2) is 0 Å². The van der Waals surface area contributed by atoms with Crippen LogP contribution in [0.5, 0.6) is 5.75 Å². The summed E-state index contributed by atoms with van der Waals surface area (Å²) in [6.07, 6.45) is 0. The summed E-state index contributed by atoms with van der Waals surface area (Å²) in [5.74, 6) is 0.883. The van der Waals surface area contributed by atoms with Gasteiger partial charge in [0.25, 0.3) is 0 Å². The molecule has 1 atom stereocenters. The standard InChI is InChI=1S/C18H23NO/c1-12-8-9-18(16(10-12)15(4)19)20-11-17-13(2)6-5-7-14(17)3/h5-10,15H,11,19H2,1-4H3/t15-/m1/s1. The van der Waals surface area contributed by atoms with E-state index >= 15 is 0 Å². The third kappa shape index (κ3) is 3.20. The smallest absolute Gasteiger partial charge is 0.124 e. The van der Waals surface area contributed by atoms with Crippen LogP contribution in [-0.2, 0) is 6.61 Å². The summed E-state index contributed by atoms with van der Waals surface area (Å²) in [5.41, 5.74) is 12.1. The molecule has 0 saturated carbocycles. The van der Waals surface area contributed by atoms with E-state index in [1.54, 1.807) is 0 Å². The van der Waals surface area contributed by atoms with Crippen LogP contribution in [0.4, 0.5) is 0 Å². The summed E-state index contributed by atoms with van der Waals surface area (Å²) in [4.78, 5) is 0. The predicted octanol–water partition coefficient (Wildman–Crippen LogP) is 4.21. The van der Waals surface area contributed by atoms with Gasteiger partial charge in [-0.05, 0) is 50.5 Å². The summed E-state index contributed by atoms with van der Waals surface area (Å²) in [6.45, 7) is 8.88. The maximum atomic E-state index is 6.03. The predicted molar refractivity (Wildman–Crippen MR) is 84.0 cm³/mol. The topological polar surface area (TPSA) is 35.2 Å². The van der Waals surface area contributed by atoms with Crippen molar-refractivity contribution >= 4 is 0 Å². The summed E-state index contributed by atoms with van der Waals surface area (Å²) in [5, 5.41) is 0. The van der Waals surface area contributed by atoms with Crippen LogP contribution in [0, 0.1) is 20.8 Å². The lowest BCUT2D eigenvalue weighted by Gasteiger charge is -2.16. The highest BCUT2D eigenvalue weighted by molar-refractivity contribution is 5.40. The quantitative estimate of drug-likeness (QED) is 0.902. The van der Waals surface area contributed by atoms with Crippen molar-refractivity contribution in [3.8, 4) is 5.75 Å². The van der Waals surface area contributed by atoms with E-state index in [1.165, 1.54) is 22.3 Å². The Morgan fingerprint density at radius 3 is 2.30 bits per heavy atom. The molecule has 2 aromatic rings. The van der Waals surface area contributed by atoms with Gasteiger partial charge < -0.3 is 10.5 Å². The first-order chi connectivity index (χ1) is 9.49. The molecule has 0 aliphatic rings. The molecule has 106 valence electrons. The highest BCUT2D eigenvalue weighted by atomic mass is 16.5. The van der Waals surface area contributed by atoms with Gasteiger partial charge in [-0.3, -0.25) is 0 Å². The van der Waals surface area contributed by atoms with Crippen LogP contribution < -0.4 is 10.5 Å². The van der Waals surface area contributed by atoms with Crippen LogP contribution in [0.2, 0.25) is 0 Å². The molecular formula is C18H23NO. The van der Waals surface area contributed by atoms with E-state index in [0.29, 0.717) is 6.61 Å². The Hall–Kier alpha value is -1.80. The molecule has 0 heterocycles. The molecule has 2 nitrogen and oxygen atoms in total. The lowest BCUT2D eigenvalue weighted by molar-refractivity contribution is 0.300. The Morgan fingerprint density at radius 2 is 1.70 bits per heavy atom. The highest BCUT2D eigenvalue weighted by Gasteiger charge is 2.10. The zero-order valence-corrected chi connectivity index (χ0v) is 12.7. The molecule has 2 aromatic carbocycles. The van der Waals surface area contributed by atoms with Gasteiger partial charge in [0.15, 0.2) is 0 Å². The Labute approximate surface area is 121 Å². The Bertz CT molecular complexity index is 582. The van der Waals surface area contributed by atoms with Crippen molar-refractivity contribution in [3.05, 3.63) is 64.2 Å². The average molecular weight is 269 g/mol. The lowest BCUT2D eigenvalue weighted by atomic mass is 10.0. The summed E-state index contributed by atoms with van der Waals surface area (Å²) in [6, 6.07) is 12.5. The first kappa shape index (κ1) is 14.6. The Kier molecular flexibility index (Phi) is 4.46. The molecular weight excluding hydrogens is 246 g/mol. The number of rotatable bonds is 4. The Morgan fingerprint density at radius 1 is 1.05 bits per heavy atom. The number of hydrogen-bond donors (Lipinski definition) is 1. The van der Waals surface area contributed by atoms with Crippen molar-refractivity contribution in [2.45, 2.75) is 40.3 Å². The molecule has 0 bridgehead atoms. The van der Waals surface area contributed by atoms with Gasteiger partial charge in [0, 0.05) is 11.6 Å². The largest absolute Gasteiger partial charge is 0.489 e. The molecule has 0 aromatic heterocycles. The van der Waals surface area contributed by atoms with Crippen LogP contribution >= 0.6 is 0 Å². The monoisotopic (exact) mass is 269 g/mol. The first-order valence-corrected chi connectivity index (χ1v) is 7.03. The van der Waals surface area contributed by atoms with E-state index in [9.17, 15) is 0 Å². The number of benzene rings is 2. The molecule has 0 radical (unpaired) electrons. The van der Waals surface area contributed by atoms with Gasteiger partial charge in [-0.1, -0.05) is 35.9 Å². The number of ether oxygens (including phenoxy) is 1. The minimum atomic E-state index is -0.0251. The fourth-order valence-electron chi connectivity index (χ4n) is 2.38. The van der Waals surface area contributed by atoms with Gasteiger partial charge in [0.05, 0.1) is 0 Å². The van der Waals surface area contributed by atoms with Crippen LogP contribution in [0.15, 0.2) is 36.4 Å². The van der Waals surface area contributed by atoms with Gasteiger partial charge >= 0.3 is 0 Å². The minimum Gasteiger partial charge on any atom is -0.489 e. The highest BCUT2D eigenvalue weighted by Crippen LogP contribution is 2.26. The van der Waals surface area contributed by atoms with Crippen LogP contribution in [0.1, 0.15) is 40.8 Å². The normalized spacial score (nSPS) is 12.2. The first-order valence-electron chi connectivity index (χ1n) is 7.03. The van der Waals surface area contributed by atoms with E-state index in [-0.39, 0.29) is 6.04 Å². The van der Waals surface area contributed by atoms with Crippen LogP contribution in [0.3, 0.4) is 0 Å². The number of nitrogens with two attached hydrogens (primary N) is 1. The molecule has 0 aliphatic heterocycles. The average Bonchev–Trinajstić information content (AvgIpc) is 2.39. The third-order valence-electron chi connectivity index (χ3n) is 3.67. The van der Waals surface area contributed by atoms with Crippen LogP contribution in [0.25, 0.3) is 0 Å². The molecule has 2 rings (SSSR count). The zero-order chi connectivity index (χ0) is 14.7. The fourth-order valence-corrected chi connectivity index (χ4v) is 2.38. The summed E-state index contributed by atoms with van der Waals surface area (Å²) in [7, 11) is 0. The molecule has 0 saturated heterocycles. The van der Waals surface area contributed by atoms with E-state index in [4.69, 9.17) is 10.5 Å². The molecule has 0 fully saturated rings. The second-order valence-electron chi connectivity index (χ2n) is 5.49. The van der Waals surface area contributed by atoms with Gasteiger partial charge in [-0.15, -0.1) is 0 Å². The maximum Gasteiger partial charge on any atom is 0.124 e. The van der Waals surface area contributed by atoms with Crippen molar-refractivity contribution in [1.29, 1.82) is 0 Å². The van der Waals surface area contributed by atoms with E-state index < -0.39 is 0 Å². The van der Waals surface area contributed by atoms with E-state index in [0.717, 1.165) is 11.3 Å². The van der Waals surface area contributed by atoms with Crippen molar-refractivity contribution in [2.75, 3.05) is 0 Å². The molecule has 0 unspecified atom stereocenters. The second-order valence-corrected chi connectivity index (χ2v) is 5.49. The SMILES string of the molecule is Cc1ccc(OCc2c(C)cccc2C)c([C@@H](C)N)c1. The molecule has 0 amide bonds. The maximum absolute atomic E-state index is 6.03. The Balaban J connectivity index is 2.23. The van der Waals surface area contributed by atoms with Gasteiger partial charge in [0.1, 0.15) is 12.4 Å². The molecule has 2 N–H and O–H groups in total. The molecule has 2 heteroatoms. The van der Waals surface area contributed by atoms with Gasteiger partial charge in [-0.2, -0.15) is 0 Å². The van der Waals surface area contributed by atoms with Crippen molar-refractivity contribution in [2.24, 2.45) is 5.73 Å². The van der Waals surface area contributed by atoms with Crippen molar-refractivity contribution in [3.63, 3.8) is 0 Å². The van der Waals surface area contributed by atoms with E-state index in [1.807, 2.05) is 13.0 Å². The summed E-state index contributed by atoms with van der Waals surface area (Å²) < 4.78 is 6.02. The van der Waals surface area contributed by atoms with Crippen molar-refractivity contribution < 1.29 is 4.74 Å². The number of aryl methyl sites for hydroxylation is 3. The van der Waals surface area contributed by atoms with Crippen molar-refractivity contribution in [1.82, 2.24) is 0 Å². The van der Waals surface area contributed by atoms with Gasteiger partial charge in [0.2, 0.25) is 0 Å².